The zero-order valence-electron chi connectivity index (χ0n) is 8.74. The minimum absolute atomic E-state index is 0.0407. The topological polar surface area (TPSA) is 50.8 Å². The Balaban J connectivity index is 2.38. The third-order valence-electron chi connectivity index (χ3n) is 2.90. The number of rotatable bonds is 5. The van der Waals surface area contributed by atoms with Gasteiger partial charge in [0.1, 0.15) is 0 Å². The van der Waals surface area contributed by atoms with E-state index in [1.54, 1.807) is 5.32 Å². The lowest BCUT2D eigenvalue weighted by molar-refractivity contribution is -0.595. The van der Waals surface area contributed by atoms with E-state index < -0.39 is 9.84 Å². The maximum absolute atomic E-state index is 11.8. The van der Waals surface area contributed by atoms with Crippen molar-refractivity contribution in [3.63, 3.8) is 0 Å². The molecule has 0 aromatic rings. The molecule has 1 rings (SSSR count). The van der Waals surface area contributed by atoms with Crippen LogP contribution in [0.1, 0.15) is 38.5 Å². The van der Waals surface area contributed by atoms with E-state index in [1.165, 1.54) is 6.42 Å². The van der Waals surface area contributed by atoms with Crippen molar-refractivity contribution in [3.05, 3.63) is 7.05 Å². The number of hydrogen-bond acceptors (Lipinski definition) is 2. The maximum atomic E-state index is 11.8. The van der Waals surface area contributed by atoms with E-state index in [0.717, 1.165) is 38.6 Å². The van der Waals surface area contributed by atoms with Crippen LogP contribution in [-0.2, 0) is 9.84 Å². The Kier molecular flexibility index (Phi) is 4.89. The van der Waals surface area contributed by atoms with E-state index in [9.17, 15) is 8.42 Å². The van der Waals surface area contributed by atoms with Crippen LogP contribution >= 0.6 is 0 Å². The number of sulfone groups is 1. The highest BCUT2D eigenvalue weighted by atomic mass is 32.2. The third kappa shape index (κ3) is 3.58. The van der Waals surface area contributed by atoms with E-state index in [-0.39, 0.29) is 5.25 Å². The van der Waals surface area contributed by atoms with Gasteiger partial charge in [0.15, 0.2) is 9.84 Å². The van der Waals surface area contributed by atoms with Crippen molar-refractivity contribution in [1.82, 2.24) is 0 Å². The normalized spacial score (nSPS) is 19.8. The highest BCUT2D eigenvalue weighted by molar-refractivity contribution is 7.92. The molecule has 84 valence electrons. The van der Waals surface area contributed by atoms with Gasteiger partial charge in [-0.1, -0.05) is 19.3 Å². The quantitative estimate of drug-likeness (QED) is 0.540. The molecule has 0 radical (unpaired) electrons. The first-order valence-corrected chi connectivity index (χ1v) is 7.21. The summed E-state index contributed by atoms with van der Waals surface area (Å²) in [6, 6.07) is 0. The standard InChI is InChI=1S/C10H21NO2S/c1-11-8-5-9-14(12,13)10-6-3-2-4-7-10/h10H,1-9,11H2. The lowest BCUT2D eigenvalue weighted by Gasteiger charge is -2.21. The predicted octanol–water partition coefficient (Wildman–Crippen LogP) is 0.479. The lowest BCUT2D eigenvalue weighted by atomic mass is 10.0. The minimum Gasteiger partial charge on any atom is -0.479 e. The predicted molar refractivity (Wildman–Crippen MR) is 57.4 cm³/mol. The van der Waals surface area contributed by atoms with Crippen molar-refractivity contribution in [2.24, 2.45) is 0 Å². The summed E-state index contributed by atoms with van der Waals surface area (Å²) in [6.45, 7) is 0.811. The smallest absolute Gasteiger partial charge is 0.153 e. The fourth-order valence-corrected chi connectivity index (χ4v) is 3.97. The first-order valence-electron chi connectivity index (χ1n) is 5.49. The molecule has 0 saturated heterocycles. The molecule has 14 heavy (non-hydrogen) atoms. The van der Waals surface area contributed by atoms with E-state index in [1.807, 2.05) is 0 Å². The summed E-state index contributed by atoms with van der Waals surface area (Å²) in [6.07, 6.45) is 5.89. The van der Waals surface area contributed by atoms with Gasteiger partial charge in [-0.3, -0.25) is 0 Å². The molecular formula is C10H21NO2S. The molecule has 0 aliphatic heterocycles. The van der Waals surface area contributed by atoms with Gasteiger partial charge in [0.25, 0.3) is 0 Å². The Morgan fingerprint density at radius 2 is 1.86 bits per heavy atom. The molecule has 1 aliphatic carbocycles. The number of quaternary nitrogens is 1. The molecule has 0 aromatic heterocycles. The van der Waals surface area contributed by atoms with Crippen molar-refractivity contribution < 1.29 is 13.7 Å². The van der Waals surface area contributed by atoms with Crippen LogP contribution in [0.4, 0.5) is 0 Å². The van der Waals surface area contributed by atoms with Gasteiger partial charge in [0, 0.05) is 6.42 Å². The van der Waals surface area contributed by atoms with Crippen LogP contribution < -0.4 is 5.32 Å². The summed E-state index contributed by atoms with van der Waals surface area (Å²) in [5, 5.41) is 1.75. The van der Waals surface area contributed by atoms with Gasteiger partial charge >= 0.3 is 0 Å². The molecule has 4 heteroatoms. The Morgan fingerprint density at radius 3 is 2.43 bits per heavy atom. The molecule has 0 spiro atoms. The van der Waals surface area contributed by atoms with Gasteiger partial charge < -0.3 is 5.32 Å². The highest BCUT2D eigenvalue weighted by Gasteiger charge is 2.26. The van der Waals surface area contributed by atoms with Crippen LogP contribution in [0.5, 0.6) is 0 Å². The number of hydrogen-bond donors (Lipinski definition) is 1. The first-order chi connectivity index (χ1) is 6.67. The van der Waals surface area contributed by atoms with Gasteiger partial charge in [-0.25, -0.2) is 8.42 Å². The number of nitrogens with two attached hydrogens (primary N) is 1. The van der Waals surface area contributed by atoms with Crippen molar-refractivity contribution in [2.75, 3.05) is 12.3 Å². The second kappa shape index (κ2) is 5.71. The fraction of sp³-hybridized carbons (Fsp3) is 0.900. The van der Waals surface area contributed by atoms with E-state index in [0.29, 0.717) is 5.75 Å². The largest absolute Gasteiger partial charge is 0.479 e. The molecular weight excluding hydrogens is 198 g/mol. The zero-order chi connectivity index (χ0) is 10.4. The average Bonchev–Trinajstić information content (AvgIpc) is 2.19. The monoisotopic (exact) mass is 219 g/mol. The molecule has 0 amide bonds. The maximum Gasteiger partial charge on any atom is 0.153 e. The summed E-state index contributed by atoms with van der Waals surface area (Å²) in [5.41, 5.74) is 0. The summed E-state index contributed by atoms with van der Waals surface area (Å²) in [7, 11) is 0.795. The molecule has 0 bridgehead atoms. The van der Waals surface area contributed by atoms with Crippen molar-refractivity contribution in [2.45, 2.75) is 43.8 Å². The van der Waals surface area contributed by atoms with Gasteiger partial charge in [-0.05, 0) is 12.8 Å². The second-order valence-corrected chi connectivity index (χ2v) is 6.46. The molecule has 0 atom stereocenters. The van der Waals surface area contributed by atoms with Gasteiger partial charge in [-0.2, -0.15) is 7.05 Å². The van der Waals surface area contributed by atoms with Gasteiger partial charge in [-0.15, -0.1) is 0 Å². The van der Waals surface area contributed by atoms with Gasteiger partial charge in [0.2, 0.25) is 0 Å². The van der Waals surface area contributed by atoms with Crippen LogP contribution in [0, 0.1) is 7.05 Å². The Morgan fingerprint density at radius 1 is 1.21 bits per heavy atom. The van der Waals surface area contributed by atoms with Crippen LogP contribution in [0.2, 0.25) is 0 Å². The molecule has 1 saturated carbocycles. The summed E-state index contributed by atoms with van der Waals surface area (Å²) >= 11 is 0. The Hall–Kier alpha value is -0.0900. The van der Waals surface area contributed by atoms with Crippen LogP contribution in [0.15, 0.2) is 0 Å². The van der Waals surface area contributed by atoms with Crippen LogP contribution in [0.25, 0.3) is 0 Å². The molecule has 2 N–H and O–H groups in total. The summed E-state index contributed by atoms with van der Waals surface area (Å²) < 4.78 is 23.7. The summed E-state index contributed by atoms with van der Waals surface area (Å²) in [4.78, 5) is 0. The molecule has 3 nitrogen and oxygen atoms in total. The molecule has 1 fully saturated rings. The molecule has 0 unspecified atom stereocenters. The fourth-order valence-electron chi connectivity index (χ4n) is 2.02. The molecule has 0 aromatic carbocycles. The van der Waals surface area contributed by atoms with Gasteiger partial charge in [0.05, 0.1) is 17.5 Å². The third-order valence-corrected chi connectivity index (χ3v) is 5.24. The van der Waals surface area contributed by atoms with Crippen molar-refractivity contribution in [3.8, 4) is 0 Å². The first kappa shape index (κ1) is 12.0. The zero-order valence-corrected chi connectivity index (χ0v) is 9.56. The Labute approximate surface area is 87.2 Å². The van der Waals surface area contributed by atoms with Crippen LogP contribution in [-0.4, -0.2) is 26.0 Å². The average molecular weight is 219 g/mol. The van der Waals surface area contributed by atoms with Crippen molar-refractivity contribution in [1.29, 1.82) is 0 Å². The van der Waals surface area contributed by atoms with Crippen LogP contribution in [0.3, 0.4) is 0 Å². The lowest BCUT2D eigenvalue weighted by Crippen LogP contribution is -2.77. The molecule has 0 heterocycles. The Bertz CT molecular complexity index is 243. The molecule has 1 aliphatic rings. The second-order valence-electron chi connectivity index (χ2n) is 4.06. The van der Waals surface area contributed by atoms with E-state index in [4.69, 9.17) is 0 Å². The van der Waals surface area contributed by atoms with E-state index in [2.05, 4.69) is 7.05 Å². The minimum atomic E-state index is -2.80. The highest BCUT2D eigenvalue weighted by Crippen LogP contribution is 2.24. The van der Waals surface area contributed by atoms with E-state index >= 15 is 0 Å². The summed E-state index contributed by atoms with van der Waals surface area (Å²) in [5.74, 6) is 0.351. The van der Waals surface area contributed by atoms with Crippen molar-refractivity contribution >= 4 is 9.84 Å². The SMILES string of the molecule is [CH2-][NH2+]CCCS(=O)(=O)C1CCCCC1.